The minimum Gasteiger partial charge on any atom is -0.305 e. The molecule has 2 atom stereocenters. The Morgan fingerprint density at radius 1 is 1.18 bits per heavy atom. The van der Waals surface area contributed by atoms with Crippen molar-refractivity contribution in [3.8, 4) is 0 Å². The molecule has 0 bridgehead atoms. The van der Waals surface area contributed by atoms with Crippen molar-refractivity contribution in [2.45, 2.75) is 18.6 Å². The third kappa shape index (κ3) is 2.47. The van der Waals surface area contributed by atoms with Crippen LogP contribution in [0, 0.1) is 11.7 Å². The van der Waals surface area contributed by atoms with Crippen LogP contribution in [0.1, 0.15) is 12.0 Å². The average Bonchev–Trinajstić information content (AvgIpc) is 2.79. The summed E-state index contributed by atoms with van der Waals surface area (Å²) in [5, 5.41) is 0. The molecule has 3 rings (SSSR count). The normalized spacial score (nSPS) is 27.3. The number of fused-ring (bicyclic) bond motifs is 1. The smallest absolute Gasteiger partial charge is 0.305 e. The molecule has 2 aliphatic rings. The number of benzene rings is 1. The van der Waals surface area contributed by atoms with E-state index in [-0.39, 0.29) is 17.9 Å². The molecule has 0 radical (unpaired) electrons. The van der Waals surface area contributed by atoms with Gasteiger partial charge < -0.3 is 4.90 Å². The highest BCUT2D eigenvalue weighted by Gasteiger charge is 2.50. The molecule has 1 aromatic rings. The molecule has 120 valence electrons. The standard InChI is InChI=1S/C13H11F4NO3S/c14-9-2-1-8(13(15,16)17)4-10(9)18-11-6-22(20,21)5-7(11)3-12(18)19/h1-2,4,7,11H,3,5-6H2/t7-,11-/m1/s1. The molecular weight excluding hydrogens is 326 g/mol. The molecule has 0 spiro atoms. The number of hydrogen-bond donors (Lipinski definition) is 0. The van der Waals surface area contributed by atoms with Gasteiger partial charge in [-0.2, -0.15) is 13.2 Å². The minimum absolute atomic E-state index is 0.0976. The van der Waals surface area contributed by atoms with Gasteiger partial charge in [0.1, 0.15) is 5.82 Å². The fourth-order valence-corrected chi connectivity index (χ4v) is 5.15. The zero-order chi connectivity index (χ0) is 16.3. The number of carbonyl (C=O) groups excluding carboxylic acids is 1. The quantitative estimate of drug-likeness (QED) is 0.737. The number of anilines is 1. The highest BCUT2D eigenvalue weighted by Crippen LogP contribution is 2.40. The summed E-state index contributed by atoms with van der Waals surface area (Å²) >= 11 is 0. The van der Waals surface area contributed by atoms with Gasteiger partial charge in [0.25, 0.3) is 0 Å². The highest BCUT2D eigenvalue weighted by molar-refractivity contribution is 7.91. The number of hydrogen-bond acceptors (Lipinski definition) is 3. The number of nitrogens with zero attached hydrogens (tertiary/aromatic N) is 1. The molecule has 2 fully saturated rings. The third-order valence-electron chi connectivity index (χ3n) is 4.01. The van der Waals surface area contributed by atoms with E-state index in [1.807, 2.05) is 0 Å². The lowest BCUT2D eigenvalue weighted by Gasteiger charge is -2.24. The highest BCUT2D eigenvalue weighted by atomic mass is 32.2. The molecule has 0 aliphatic carbocycles. The summed E-state index contributed by atoms with van der Waals surface area (Å²) in [4.78, 5) is 12.9. The summed E-state index contributed by atoms with van der Waals surface area (Å²) in [6.45, 7) is 0. The second-order valence-electron chi connectivity index (χ2n) is 5.54. The molecule has 2 aliphatic heterocycles. The molecule has 0 aromatic heterocycles. The summed E-state index contributed by atoms with van der Waals surface area (Å²) in [6, 6.07) is 0.987. The number of sulfone groups is 1. The number of amides is 1. The Balaban J connectivity index is 2.05. The van der Waals surface area contributed by atoms with Crippen molar-refractivity contribution >= 4 is 21.4 Å². The Morgan fingerprint density at radius 3 is 2.50 bits per heavy atom. The lowest BCUT2D eigenvalue weighted by molar-refractivity contribution is -0.137. The fourth-order valence-electron chi connectivity index (χ4n) is 3.08. The zero-order valence-electron chi connectivity index (χ0n) is 11.1. The maximum atomic E-state index is 13.9. The monoisotopic (exact) mass is 337 g/mol. The van der Waals surface area contributed by atoms with E-state index >= 15 is 0 Å². The van der Waals surface area contributed by atoms with Crippen LogP contribution in [0.25, 0.3) is 0 Å². The van der Waals surface area contributed by atoms with Gasteiger partial charge in [-0.3, -0.25) is 4.79 Å². The topological polar surface area (TPSA) is 54.5 Å². The van der Waals surface area contributed by atoms with Gasteiger partial charge in [0, 0.05) is 12.3 Å². The summed E-state index contributed by atoms with van der Waals surface area (Å²) in [7, 11) is -3.36. The van der Waals surface area contributed by atoms with Gasteiger partial charge in [-0.05, 0) is 18.2 Å². The third-order valence-corrected chi connectivity index (χ3v) is 5.79. The van der Waals surface area contributed by atoms with Gasteiger partial charge in [-0.25, -0.2) is 12.8 Å². The first-order chi connectivity index (χ1) is 10.1. The largest absolute Gasteiger partial charge is 0.416 e. The van der Waals surface area contributed by atoms with Gasteiger partial charge in [0.15, 0.2) is 9.84 Å². The maximum Gasteiger partial charge on any atom is 0.416 e. The lowest BCUT2D eigenvalue weighted by atomic mass is 10.0. The Labute approximate surface area is 123 Å². The van der Waals surface area contributed by atoms with Gasteiger partial charge in [0.05, 0.1) is 28.8 Å². The molecular formula is C13H11F4NO3S. The fraction of sp³-hybridized carbons (Fsp3) is 0.462. The van der Waals surface area contributed by atoms with Crippen molar-refractivity contribution in [3.05, 3.63) is 29.6 Å². The first kappa shape index (κ1) is 15.3. The van der Waals surface area contributed by atoms with Crippen molar-refractivity contribution < 1.29 is 30.8 Å². The van der Waals surface area contributed by atoms with E-state index in [0.29, 0.717) is 18.2 Å². The first-order valence-corrected chi connectivity index (χ1v) is 8.30. The number of carbonyl (C=O) groups is 1. The Bertz CT molecular complexity index is 744. The van der Waals surface area contributed by atoms with E-state index in [1.165, 1.54) is 0 Å². The SMILES string of the molecule is O=C1C[C@@H]2CS(=O)(=O)C[C@H]2N1c1cc(C(F)(F)F)ccc1F. The molecule has 0 N–H and O–H groups in total. The van der Waals surface area contributed by atoms with Crippen molar-refractivity contribution in [1.82, 2.24) is 0 Å². The van der Waals surface area contributed by atoms with Crippen LogP contribution in [0.4, 0.5) is 23.2 Å². The van der Waals surface area contributed by atoms with E-state index in [4.69, 9.17) is 0 Å². The molecule has 0 unspecified atom stereocenters. The van der Waals surface area contributed by atoms with Gasteiger partial charge in [0.2, 0.25) is 5.91 Å². The van der Waals surface area contributed by atoms with Crippen LogP contribution in [0.2, 0.25) is 0 Å². The molecule has 9 heteroatoms. The van der Waals surface area contributed by atoms with Crippen LogP contribution in [0.15, 0.2) is 18.2 Å². The first-order valence-electron chi connectivity index (χ1n) is 6.48. The molecule has 4 nitrogen and oxygen atoms in total. The molecule has 0 saturated carbocycles. The molecule has 2 heterocycles. The summed E-state index contributed by atoms with van der Waals surface area (Å²) in [5.41, 5.74) is -1.59. The van der Waals surface area contributed by atoms with E-state index in [1.54, 1.807) is 0 Å². The van der Waals surface area contributed by atoms with Gasteiger partial charge in [-0.15, -0.1) is 0 Å². The number of halogens is 4. The molecule has 22 heavy (non-hydrogen) atoms. The maximum absolute atomic E-state index is 13.9. The predicted molar refractivity (Wildman–Crippen MR) is 69.4 cm³/mol. The van der Waals surface area contributed by atoms with Gasteiger partial charge >= 0.3 is 6.18 Å². The Hall–Kier alpha value is -1.64. The van der Waals surface area contributed by atoms with E-state index in [2.05, 4.69) is 0 Å². The van der Waals surface area contributed by atoms with Crippen molar-refractivity contribution in [1.29, 1.82) is 0 Å². The summed E-state index contributed by atoms with van der Waals surface area (Å²) < 4.78 is 75.4. The van der Waals surface area contributed by atoms with Crippen molar-refractivity contribution in [3.63, 3.8) is 0 Å². The van der Waals surface area contributed by atoms with Gasteiger partial charge in [-0.1, -0.05) is 0 Å². The van der Waals surface area contributed by atoms with Crippen molar-refractivity contribution in [2.24, 2.45) is 5.92 Å². The van der Waals surface area contributed by atoms with E-state index in [9.17, 15) is 30.8 Å². The van der Waals surface area contributed by atoms with E-state index < -0.39 is 50.9 Å². The summed E-state index contributed by atoms with van der Waals surface area (Å²) in [5.74, 6) is -2.57. The van der Waals surface area contributed by atoms with Crippen LogP contribution < -0.4 is 4.90 Å². The predicted octanol–water partition coefficient (Wildman–Crippen LogP) is 1.99. The Kier molecular flexibility index (Phi) is 3.24. The average molecular weight is 337 g/mol. The summed E-state index contributed by atoms with van der Waals surface area (Å²) in [6.07, 6.45) is -4.77. The van der Waals surface area contributed by atoms with Crippen molar-refractivity contribution in [2.75, 3.05) is 16.4 Å². The molecule has 2 saturated heterocycles. The van der Waals surface area contributed by atoms with Crippen LogP contribution >= 0.6 is 0 Å². The second kappa shape index (κ2) is 4.68. The lowest BCUT2D eigenvalue weighted by Crippen LogP contribution is -2.37. The Morgan fingerprint density at radius 2 is 1.86 bits per heavy atom. The zero-order valence-corrected chi connectivity index (χ0v) is 11.9. The minimum atomic E-state index is -4.67. The number of alkyl halides is 3. The molecule has 1 aromatic carbocycles. The van der Waals surface area contributed by atoms with E-state index in [0.717, 1.165) is 4.90 Å². The van der Waals surface area contributed by atoms with Crippen LogP contribution in [-0.2, 0) is 20.8 Å². The van der Waals surface area contributed by atoms with Crippen LogP contribution in [0.5, 0.6) is 0 Å². The second-order valence-corrected chi connectivity index (χ2v) is 7.69. The number of rotatable bonds is 1. The molecule has 1 amide bonds. The van der Waals surface area contributed by atoms with Crippen LogP contribution in [0.3, 0.4) is 0 Å². The van der Waals surface area contributed by atoms with Crippen LogP contribution in [-0.4, -0.2) is 31.9 Å².